The lowest BCUT2D eigenvalue weighted by atomic mass is 10.1. The monoisotopic (exact) mass is 375 g/mol. The second-order valence-electron chi connectivity index (χ2n) is 6.32. The predicted molar refractivity (Wildman–Crippen MR) is 92.3 cm³/mol. The minimum absolute atomic E-state index is 0.396. The van der Waals surface area contributed by atoms with Crippen LogP contribution in [0.15, 0.2) is 48.5 Å². The van der Waals surface area contributed by atoms with E-state index in [9.17, 15) is 13.2 Å². The van der Waals surface area contributed by atoms with Gasteiger partial charge in [0.1, 0.15) is 0 Å². The van der Waals surface area contributed by atoms with Crippen molar-refractivity contribution in [2.75, 3.05) is 18.5 Å². The summed E-state index contributed by atoms with van der Waals surface area (Å²) in [4.78, 5) is 1.54. The van der Waals surface area contributed by atoms with E-state index >= 15 is 0 Å². The molecule has 0 bridgehead atoms. The molecule has 2 aromatic carbocycles. The number of nitrogens with one attached hydrogen (secondary N) is 1. The smallest absolute Gasteiger partial charge is 0.381 e. The van der Waals surface area contributed by atoms with Gasteiger partial charge in [-0.1, -0.05) is 12.1 Å². The van der Waals surface area contributed by atoms with E-state index in [2.05, 4.69) is 20.7 Å². The van der Waals surface area contributed by atoms with Crippen molar-refractivity contribution >= 4 is 11.4 Å². The van der Waals surface area contributed by atoms with E-state index in [4.69, 9.17) is 4.74 Å². The predicted octanol–water partition coefficient (Wildman–Crippen LogP) is 3.75. The van der Waals surface area contributed by atoms with Crippen molar-refractivity contribution in [1.82, 2.24) is 20.2 Å². The van der Waals surface area contributed by atoms with E-state index < -0.39 is 11.7 Å². The highest BCUT2D eigenvalue weighted by atomic mass is 19.4. The molecule has 1 aliphatic heterocycles. The minimum Gasteiger partial charge on any atom is -0.381 e. The first kappa shape index (κ1) is 17.5. The van der Waals surface area contributed by atoms with E-state index in [-0.39, 0.29) is 0 Å². The van der Waals surface area contributed by atoms with E-state index in [1.54, 1.807) is 0 Å². The average molecular weight is 375 g/mol. The van der Waals surface area contributed by atoms with Gasteiger partial charge in [-0.3, -0.25) is 0 Å². The fraction of sp³-hybridized carbons (Fsp3) is 0.278. The second kappa shape index (κ2) is 6.99. The highest BCUT2D eigenvalue weighted by Gasteiger charge is 2.30. The van der Waals surface area contributed by atoms with Crippen LogP contribution in [0.25, 0.3) is 11.4 Å². The first-order chi connectivity index (χ1) is 13.0. The number of tetrazole rings is 1. The summed E-state index contributed by atoms with van der Waals surface area (Å²) in [5, 5.41) is 15.7. The Hall–Kier alpha value is -2.94. The molecule has 1 aliphatic rings. The number of anilines is 2. The molecule has 0 atom stereocenters. The quantitative estimate of drug-likeness (QED) is 0.736. The lowest BCUT2D eigenvalue weighted by Crippen LogP contribution is -2.32. The molecular formula is C18H16F3N5O. The number of rotatable bonds is 5. The largest absolute Gasteiger partial charge is 0.416 e. The number of nitrogens with zero attached hydrogens (tertiary/aromatic N) is 4. The van der Waals surface area contributed by atoms with Crippen molar-refractivity contribution < 1.29 is 17.9 Å². The van der Waals surface area contributed by atoms with Crippen molar-refractivity contribution in [3.63, 3.8) is 0 Å². The second-order valence-corrected chi connectivity index (χ2v) is 6.32. The van der Waals surface area contributed by atoms with Gasteiger partial charge in [0.15, 0.2) is 0 Å². The average Bonchev–Trinajstić information content (AvgIpc) is 3.07. The molecule has 140 valence electrons. The Morgan fingerprint density at radius 3 is 2.48 bits per heavy atom. The minimum atomic E-state index is -4.36. The zero-order chi connectivity index (χ0) is 18.9. The van der Waals surface area contributed by atoms with Crippen LogP contribution in [-0.4, -0.2) is 33.4 Å². The fourth-order valence-electron chi connectivity index (χ4n) is 2.73. The lowest BCUT2D eigenvalue weighted by Gasteiger charge is -2.24. The van der Waals surface area contributed by atoms with Gasteiger partial charge in [0, 0.05) is 22.9 Å². The van der Waals surface area contributed by atoms with Gasteiger partial charge >= 0.3 is 6.18 Å². The van der Waals surface area contributed by atoms with E-state index in [1.807, 2.05) is 24.3 Å². The summed E-state index contributed by atoms with van der Waals surface area (Å²) in [6.45, 7) is 2.04. The van der Waals surface area contributed by atoms with Gasteiger partial charge in [-0.2, -0.15) is 18.0 Å². The first-order valence-electron chi connectivity index (χ1n) is 8.38. The van der Waals surface area contributed by atoms with Gasteiger partial charge in [0.2, 0.25) is 5.82 Å². The van der Waals surface area contributed by atoms with Crippen molar-refractivity contribution in [3.05, 3.63) is 54.1 Å². The zero-order valence-electron chi connectivity index (χ0n) is 14.1. The number of ether oxygens (including phenoxy) is 1. The highest BCUT2D eigenvalue weighted by Crippen LogP contribution is 2.32. The molecule has 1 N–H and O–H groups in total. The Morgan fingerprint density at radius 1 is 1.07 bits per heavy atom. The number of aromatic nitrogens is 4. The van der Waals surface area contributed by atoms with Crippen LogP contribution in [-0.2, 0) is 17.5 Å². The molecule has 3 aromatic rings. The molecule has 2 heterocycles. The standard InChI is InChI=1S/C18H16F3N5O/c19-18(20,21)13-5-7-14(8-6-13)22-16-4-2-1-3-15(16)17-23-25-26(24-17)9-12-10-27-11-12/h1-8,12,22H,9-11H2. The van der Waals surface area contributed by atoms with Gasteiger partial charge in [-0.15, -0.1) is 10.2 Å². The van der Waals surface area contributed by atoms with Gasteiger partial charge in [-0.05, 0) is 41.6 Å². The molecule has 0 unspecified atom stereocenters. The maximum Gasteiger partial charge on any atom is 0.416 e. The first-order valence-corrected chi connectivity index (χ1v) is 8.38. The molecule has 0 saturated carbocycles. The van der Waals surface area contributed by atoms with Crippen molar-refractivity contribution in [2.24, 2.45) is 5.92 Å². The number of hydrogen-bond donors (Lipinski definition) is 1. The third kappa shape index (κ3) is 3.92. The fourth-order valence-corrected chi connectivity index (χ4v) is 2.73. The maximum absolute atomic E-state index is 12.7. The Balaban J connectivity index is 1.54. The zero-order valence-corrected chi connectivity index (χ0v) is 14.1. The molecule has 0 aliphatic carbocycles. The number of alkyl halides is 3. The van der Waals surface area contributed by atoms with Crippen LogP contribution in [0.1, 0.15) is 5.56 Å². The lowest BCUT2D eigenvalue weighted by molar-refractivity contribution is -0.137. The van der Waals surface area contributed by atoms with Crippen molar-refractivity contribution in [3.8, 4) is 11.4 Å². The molecule has 0 amide bonds. The molecule has 1 saturated heterocycles. The molecule has 1 fully saturated rings. The van der Waals surface area contributed by atoms with Gasteiger partial charge in [0.05, 0.1) is 25.3 Å². The maximum atomic E-state index is 12.7. The van der Waals surface area contributed by atoms with Crippen LogP contribution in [0.5, 0.6) is 0 Å². The highest BCUT2D eigenvalue weighted by molar-refractivity contribution is 5.77. The van der Waals surface area contributed by atoms with Crippen LogP contribution < -0.4 is 5.32 Å². The Bertz CT molecular complexity index is 919. The summed E-state index contributed by atoms with van der Waals surface area (Å²) in [6.07, 6.45) is -4.36. The molecular weight excluding hydrogens is 359 g/mol. The molecule has 27 heavy (non-hydrogen) atoms. The third-order valence-corrected chi connectivity index (χ3v) is 4.24. The van der Waals surface area contributed by atoms with Crippen LogP contribution in [0.2, 0.25) is 0 Å². The Kier molecular flexibility index (Phi) is 4.53. The van der Waals surface area contributed by atoms with Gasteiger partial charge in [-0.25, -0.2) is 0 Å². The summed E-state index contributed by atoms with van der Waals surface area (Å²) in [5.74, 6) is 0.845. The van der Waals surface area contributed by atoms with Crippen LogP contribution in [0.3, 0.4) is 0 Å². The topological polar surface area (TPSA) is 64.9 Å². The third-order valence-electron chi connectivity index (χ3n) is 4.24. The summed E-state index contributed by atoms with van der Waals surface area (Å²) in [5.41, 5.74) is 1.25. The van der Waals surface area contributed by atoms with Crippen LogP contribution >= 0.6 is 0 Å². The summed E-state index contributed by atoms with van der Waals surface area (Å²) in [7, 11) is 0. The number of halogens is 3. The van der Waals surface area contributed by atoms with Gasteiger partial charge < -0.3 is 10.1 Å². The summed E-state index contributed by atoms with van der Waals surface area (Å²) >= 11 is 0. The number of hydrogen-bond acceptors (Lipinski definition) is 5. The van der Waals surface area contributed by atoms with E-state index in [1.165, 1.54) is 16.9 Å². The Morgan fingerprint density at radius 2 is 1.81 bits per heavy atom. The number of benzene rings is 2. The summed E-state index contributed by atoms with van der Waals surface area (Å²) in [6, 6.07) is 12.2. The van der Waals surface area contributed by atoms with Crippen LogP contribution in [0.4, 0.5) is 24.5 Å². The summed E-state index contributed by atoms with van der Waals surface area (Å²) < 4.78 is 43.2. The van der Waals surface area contributed by atoms with Crippen molar-refractivity contribution in [2.45, 2.75) is 12.7 Å². The molecule has 9 heteroatoms. The molecule has 0 radical (unpaired) electrons. The van der Waals surface area contributed by atoms with Gasteiger partial charge in [0.25, 0.3) is 0 Å². The molecule has 4 rings (SSSR count). The molecule has 6 nitrogen and oxygen atoms in total. The van der Waals surface area contributed by atoms with Crippen molar-refractivity contribution in [1.29, 1.82) is 0 Å². The molecule has 0 spiro atoms. The number of para-hydroxylation sites is 1. The Labute approximate surface area is 153 Å². The van der Waals surface area contributed by atoms with Crippen LogP contribution in [0, 0.1) is 5.92 Å². The molecule has 1 aromatic heterocycles. The SMILES string of the molecule is FC(F)(F)c1ccc(Nc2ccccc2-c2nnn(CC3COC3)n2)cc1. The van der Waals surface area contributed by atoms with E-state index in [0.717, 1.165) is 12.1 Å². The normalized spacial score (nSPS) is 14.8. The van der Waals surface area contributed by atoms with E-state index in [0.29, 0.717) is 48.4 Å².